The molecule has 2 nitrogen and oxygen atoms in total. The largest absolute Gasteiger partial charge is 0.368 e. The van der Waals surface area contributed by atoms with Crippen LogP contribution in [0, 0.1) is 12.8 Å². The Morgan fingerprint density at radius 1 is 1.20 bits per heavy atom. The minimum Gasteiger partial charge on any atom is -0.368 e. The van der Waals surface area contributed by atoms with Crippen molar-refractivity contribution in [3.05, 3.63) is 29.3 Å². The van der Waals surface area contributed by atoms with Crippen molar-refractivity contribution in [2.24, 2.45) is 5.92 Å². The lowest BCUT2D eigenvalue weighted by Crippen LogP contribution is -2.35. The second-order valence-corrected chi connectivity index (χ2v) is 6.51. The highest BCUT2D eigenvalue weighted by molar-refractivity contribution is 5.56. The number of hydrogen-bond donors (Lipinski definition) is 1. The normalized spacial score (nSPS) is 25.8. The van der Waals surface area contributed by atoms with Crippen molar-refractivity contribution < 1.29 is 0 Å². The zero-order valence-corrected chi connectivity index (χ0v) is 13.0. The Bertz CT molecular complexity index is 455. The number of nitrogens with one attached hydrogen (secondary N) is 1. The fraction of sp³-hybridized carbons (Fsp3) is 0.667. The molecule has 2 heteroatoms. The van der Waals surface area contributed by atoms with Gasteiger partial charge in [-0.3, -0.25) is 0 Å². The van der Waals surface area contributed by atoms with E-state index in [1.54, 1.807) is 0 Å². The molecule has 1 saturated carbocycles. The number of benzene rings is 1. The quantitative estimate of drug-likeness (QED) is 0.895. The first-order chi connectivity index (χ1) is 9.79. The maximum absolute atomic E-state index is 3.50. The summed E-state index contributed by atoms with van der Waals surface area (Å²) in [5.74, 6) is 0.956. The van der Waals surface area contributed by atoms with E-state index in [0.717, 1.165) is 25.0 Å². The number of rotatable bonds is 4. The van der Waals surface area contributed by atoms with Crippen molar-refractivity contribution >= 4 is 5.69 Å². The summed E-state index contributed by atoms with van der Waals surface area (Å²) in [4.78, 5) is 2.72. The Kier molecular flexibility index (Phi) is 4.30. The van der Waals surface area contributed by atoms with Gasteiger partial charge in [0.05, 0.1) is 0 Å². The molecule has 0 radical (unpaired) electrons. The number of anilines is 1. The molecule has 1 aliphatic carbocycles. The zero-order chi connectivity index (χ0) is 13.9. The smallest absolute Gasteiger partial charge is 0.0414 e. The molecule has 1 aromatic carbocycles. The van der Waals surface area contributed by atoms with Crippen LogP contribution >= 0.6 is 0 Å². The van der Waals surface area contributed by atoms with Crippen LogP contribution in [-0.2, 0) is 6.54 Å². The van der Waals surface area contributed by atoms with Gasteiger partial charge in [0.1, 0.15) is 0 Å². The molecule has 1 aromatic rings. The minimum absolute atomic E-state index is 0.812. The van der Waals surface area contributed by atoms with Gasteiger partial charge in [0.15, 0.2) is 0 Å². The molecule has 0 bridgehead atoms. The van der Waals surface area contributed by atoms with E-state index < -0.39 is 0 Å². The van der Waals surface area contributed by atoms with Crippen LogP contribution in [-0.4, -0.2) is 19.1 Å². The lowest BCUT2D eigenvalue weighted by molar-refractivity contribution is 0.342. The molecule has 2 unspecified atom stereocenters. The Balaban J connectivity index is 1.85. The Labute approximate surface area is 123 Å². The molecular formula is C18H28N2. The molecule has 1 saturated heterocycles. The molecule has 20 heavy (non-hydrogen) atoms. The van der Waals surface area contributed by atoms with Gasteiger partial charge in [-0.25, -0.2) is 0 Å². The highest BCUT2D eigenvalue weighted by atomic mass is 15.2. The second-order valence-electron chi connectivity index (χ2n) is 6.51. The number of nitrogens with zero attached hydrogens (tertiary/aromatic N) is 1. The van der Waals surface area contributed by atoms with Gasteiger partial charge in [0, 0.05) is 24.8 Å². The first-order valence-corrected chi connectivity index (χ1v) is 8.36. The van der Waals surface area contributed by atoms with Crippen LogP contribution in [0.25, 0.3) is 0 Å². The molecule has 110 valence electrons. The van der Waals surface area contributed by atoms with E-state index in [9.17, 15) is 0 Å². The van der Waals surface area contributed by atoms with Gasteiger partial charge < -0.3 is 10.2 Å². The summed E-state index contributed by atoms with van der Waals surface area (Å²) in [5, 5.41) is 3.50. The minimum atomic E-state index is 0.812. The fourth-order valence-electron chi connectivity index (χ4n) is 4.10. The monoisotopic (exact) mass is 272 g/mol. The van der Waals surface area contributed by atoms with Crippen molar-refractivity contribution in [3.8, 4) is 0 Å². The Morgan fingerprint density at radius 3 is 2.90 bits per heavy atom. The van der Waals surface area contributed by atoms with Gasteiger partial charge in [0.2, 0.25) is 0 Å². The topological polar surface area (TPSA) is 15.3 Å². The molecule has 1 aliphatic heterocycles. The van der Waals surface area contributed by atoms with Crippen LogP contribution in [0.3, 0.4) is 0 Å². The fourth-order valence-corrected chi connectivity index (χ4v) is 4.10. The van der Waals surface area contributed by atoms with E-state index in [0.29, 0.717) is 0 Å². The van der Waals surface area contributed by atoms with Crippen molar-refractivity contribution in [1.82, 2.24) is 5.32 Å². The third-order valence-corrected chi connectivity index (χ3v) is 5.12. The number of hydrogen-bond acceptors (Lipinski definition) is 2. The lowest BCUT2D eigenvalue weighted by atomic mass is 9.85. The van der Waals surface area contributed by atoms with E-state index in [2.05, 4.69) is 42.3 Å². The molecular weight excluding hydrogens is 244 g/mol. The maximum atomic E-state index is 3.50. The molecule has 0 aromatic heterocycles. The Morgan fingerprint density at radius 2 is 2.05 bits per heavy atom. The highest BCUT2D eigenvalue weighted by Gasteiger charge is 2.36. The highest BCUT2D eigenvalue weighted by Crippen LogP contribution is 2.40. The van der Waals surface area contributed by atoms with Gasteiger partial charge in [0.25, 0.3) is 0 Å². The number of fused-ring (bicyclic) bond motifs is 1. The van der Waals surface area contributed by atoms with Gasteiger partial charge in [-0.05, 0) is 50.3 Å². The number of aryl methyl sites for hydroxylation is 1. The van der Waals surface area contributed by atoms with Crippen molar-refractivity contribution in [3.63, 3.8) is 0 Å². The summed E-state index contributed by atoms with van der Waals surface area (Å²) in [6.45, 7) is 7.69. The molecule has 1 heterocycles. The summed E-state index contributed by atoms with van der Waals surface area (Å²) in [7, 11) is 0. The molecule has 2 atom stereocenters. The van der Waals surface area contributed by atoms with Crippen LogP contribution in [0.4, 0.5) is 5.69 Å². The molecule has 0 amide bonds. The van der Waals surface area contributed by atoms with Crippen LogP contribution in [0.5, 0.6) is 0 Å². The average Bonchev–Trinajstić information content (AvgIpc) is 2.89. The molecule has 3 rings (SSSR count). The standard InChI is InChI=1S/C18H28N2/c1-3-19-13-16-12-14(2)8-9-18(16)20-11-10-15-6-4-5-7-17(15)20/h8-9,12,15,17,19H,3-7,10-11,13H2,1-2H3. The van der Waals surface area contributed by atoms with E-state index in [4.69, 9.17) is 0 Å². The van der Waals surface area contributed by atoms with Gasteiger partial charge in [-0.2, -0.15) is 0 Å². The molecule has 1 N–H and O–H groups in total. The first-order valence-electron chi connectivity index (χ1n) is 8.36. The zero-order valence-electron chi connectivity index (χ0n) is 13.0. The third-order valence-electron chi connectivity index (χ3n) is 5.12. The average molecular weight is 272 g/mol. The van der Waals surface area contributed by atoms with E-state index >= 15 is 0 Å². The lowest BCUT2D eigenvalue weighted by Gasteiger charge is -2.34. The van der Waals surface area contributed by atoms with Crippen molar-refractivity contribution in [1.29, 1.82) is 0 Å². The SMILES string of the molecule is CCNCc1cc(C)ccc1N1CCC2CCCCC21. The molecule has 2 aliphatic rings. The first kappa shape index (κ1) is 13.9. The Hall–Kier alpha value is -1.02. The van der Waals surface area contributed by atoms with E-state index in [1.807, 2.05) is 0 Å². The van der Waals surface area contributed by atoms with Crippen LogP contribution < -0.4 is 10.2 Å². The van der Waals surface area contributed by atoms with Crippen molar-refractivity contribution in [2.45, 2.75) is 58.5 Å². The van der Waals surface area contributed by atoms with Crippen LogP contribution in [0.2, 0.25) is 0 Å². The van der Waals surface area contributed by atoms with Crippen LogP contribution in [0.15, 0.2) is 18.2 Å². The predicted molar refractivity (Wildman–Crippen MR) is 86.3 cm³/mol. The van der Waals surface area contributed by atoms with Gasteiger partial charge in [-0.15, -0.1) is 0 Å². The van der Waals surface area contributed by atoms with Crippen molar-refractivity contribution in [2.75, 3.05) is 18.0 Å². The maximum Gasteiger partial charge on any atom is 0.0414 e. The predicted octanol–water partition coefficient (Wildman–Crippen LogP) is 3.87. The van der Waals surface area contributed by atoms with E-state index in [-0.39, 0.29) is 0 Å². The summed E-state index contributed by atoms with van der Waals surface area (Å²) >= 11 is 0. The van der Waals surface area contributed by atoms with Crippen LogP contribution in [0.1, 0.15) is 50.2 Å². The van der Waals surface area contributed by atoms with Gasteiger partial charge >= 0.3 is 0 Å². The third kappa shape index (κ3) is 2.71. The summed E-state index contributed by atoms with van der Waals surface area (Å²) in [6.07, 6.45) is 7.13. The summed E-state index contributed by atoms with van der Waals surface area (Å²) in [5.41, 5.74) is 4.35. The molecule has 0 spiro atoms. The summed E-state index contributed by atoms with van der Waals surface area (Å²) in [6, 6.07) is 7.82. The summed E-state index contributed by atoms with van der Waals surface area (Å²) < 4.78 is 0. The second kappa shape index (κ2) is 6.17. The molecule has 2 fully saturated rings. The van der Waals surface area contributed by atoms with E-state index in [1.165, 1.54) is 55.5 Å². The van der Waals surface area contributed by atoms with Gasteiger partial charge in [-0.1, -0.05) is 37.5 Å².